The summed E-state index contributed by atoms with van der Waals surface area (Å²) >= 11 is 0. The van der Waals surface area contributed by atoms with Crippen LogP contribution >= 0.6 is 0 Å². The number of aryl methyl sites for hydroxylation is 3. The van der Waals surface area contributed by atoms with Gasteiger partial charge in [-0.25, -0.2) is 9.55 Å². The van der Waals surface area contributed by atoms with Gasteiger partial charge in [0.25, 0.3) is 0 Å². The molecule has 1 aliphatic rings. The zero-order chi connectivity index (χ0) is 32.4. The average molecular weight is 459 g/mol. The van der Waals surface area contributed by atoms with Crippen molar-refractivity contribution < 1.29 is 22.7 Å². The van der Waals surface area contributed by atoms with Gasteiger partial charge in [0.15, 0.2) is 11.8 Å². The van der Waals surface area contributed by atoms with Gasteiger partial charge in [0.05, 0.1) is 17.0 Å². The third kappa shape index (κ3) is 2.74. The van der Waals surface area contributed by atoms with E-state index in [0.29, 0.717) is 50.1 Å². The van der Waals surface area contributed by atoms with E-state index in [2.05, 4.69) is 4.98 Å². The Morgan fingerprint density at radius 3 is 2.85 bits per heavy atom. The van der Waals surface area contributed by atoms with Crippen LogP contribution in [0.4, 0.5) is 0 Å². The molecule has 0 saturated heterocycles. The maximum Gasteiger partial charge on any atom is 0.227 e. The van der Waals surface area contributed by atoms with Crippen molar-refractivity contribution in [2.45, 2.75) is 52.6 Å². The molecule has 1 aliphatic carbocycles. The van der Waals surface area contributed by atoms with E-state index in [9.17, 15) is 0 Å². The summed E-state index contributed by atoms with van der Waals surface area (Å²) in [5.74, 6) is -2.18. The lowest BCUT2D eigenvalue weighted by molar-refractivity contribution is -0.660. The predicted molar refractivity (Wildman–Crippen MR) is 137 cm³/mol. The summed E-state index contributed by atoms with van der Waals surface area (Å²) in [4.78, 5) is 9.27. The van der Waals surface area contributed by atoms with Gasteiger partial charge in [-0.05, 0) is 54.6 Å². The first kappa shape index (κ1) is 12.8. The number of nitrogens with zero attached hydrogens (tertiary/aromatic N) is 3. The Balaban J connectivity index is 1.66. The predicted octanol–water partition coefficient (Wildman–Crippen LogP) is 6.91. The minimum Gasteiger partial charge on any atom is -0.437 e. The van der Waals surface area contributed by atoms with Crippen molar-refractivity contribution in [3.63, 3.8) is 0 Å². The zero-order valence-electron chi connectivity index (χ0n) is 29.4. The Hall–Kier alpha value is -3.53. The second kappa shape index (κ2) is 6.99. The minimum absolute atomic E-state index is 0.118. The quantitative estimate of drug-likeness (QED) is 0.270. The van der Waals surface area contributed by atoms with Gasteiger partial charge in [0.1, 0.15) is 7.05 Å². The van der Waals surface area contributed by atoms with Gasteiger partial charge >= 0.3 is 0 Å². The summed E-state index contributed by atoms with van der Waals surface area (Å²) in [6, 6.07) is 10.5. The molecule has 6 rings (SSSR count). The number of furan rings is 1. The number of pyridine rings is 3. The first-order valence-electron chi connectivity index (χ1n) is 16.1. The molecule has 0 saturated carbocycles. The molecule has 4 nitrogen and oxygen atoms in total. The highest BCUT2D eigenvalue weighted by molar-refractivity contribution is 6.09. The van der Waals surface area contributed by atoms with Crippen LogP contribution in [0.1, 0.15) is 75.1 Å². The van der Waals surface area contributed by atoms with E-state index in [1.54, 1.807) is 42.9 Å². The molecule has 0 N–H and O–H groups in total. The molecule has 2 unspecified atom stereocenters. The third-order valence-corrected chi connectivity index (χ3v) is 6.85. The second-order valence-electron chi connectivity index (χ2n) is 9.22. The first-order chi connectivity index (χ1) is 20.2. The molecule has 0 fully saturated rings. The van der Waals surface area contributed by atoms with Crippen LogP contribution < -0.4 is 4.57 Å². The van der Waals surface area contributed by atoms with Crippen LogP contribution in [-0.4, -0.2) is 9.97 Å². The normalized spacial score (nSPS) is 24.2. The summed E-state index contributed by atoms with van der Waals surface area (Å²) in [6.07, 6.45) is 2.97. The molecule has 0 spiro atoms. The van der Waals surface area contributed by atoms with Crippen molar-refractivity contribution in [3.05, 3.63) is 76.7 Å². The minimum atomic E-state index is -2.78. The highest BCUT2D eigenvalue weighted by atomic mass is 16.3. The fourth-order valence-electron chi connectivity index (χ4n) is 5.09. The van der Waals surface area contributed by atoms with Crippen LogP contribution in [0.3, 0.4) is 0 Å². The van der Waals surface area contributed by atoms with Crippen LogP contribution in [0.15, 0.2) is 53.2 Å². The van der Waals surface area contributed by atoms with Crippen molar-refractivity contribution in [1.29, 1.82) is 0 Å². The van der Waals surface area contributed by atoms with Gasteiger partial charge in [0.2, 0.25) is 11.4 Å². The van der Waals surface area contributed by atoms with Crippen molar-refractivity contribution in [1.82, 2.24) is 9.97 Å². The van der Waals surface area contributed by atoms with Gasteiger partial charge in [-0.1, -0.05) is 39.7 Å². The highest BCUT2D eigenvalue weighted by Crippen LogP contribution is 2.48. The third-order valence-electron chi connectivity index (χ3n) is 6.85. The Morgan fingerprint density at radius 1 is 1.18 bits per heavy atom. The molecular weight excluding hydrogens is 418 g/mol. The molecular formula is C30H30N3O+. The number of fused-ring (bicyclic) bond motifs is 6. The Bertz CT molecular complexity index is 2000. The molecule has 0 amide bonds. The largest absolute Gasteiger partial charge is 0.437 e. The van der Waals surface area contributed by atoms with Crippen LogP contribution in [0.2, 0.25) is 0 Å². The van der Waals surface area contributed by atoms with Crippen molar-refractivity contribution in [2.24, 2.45) is 7.05 Å². The molecule has 4 heterocycles. The van der Waals surface area contributed by atoms with E-state index in [-0.39, 0.29) is 16.8 Å². The topological polar surface area (TPSA) is 42.8 Å². The van der Waals surface area contributed by atoms with Gasteiger partial charge < -0.3 is 4.42 Å². The van der Waals surface area contributed by atoms with E-state index in [0.717, 1.165) is 5.56 Å². The summed E-state index contributed by atoms with van der Waals surface area (Å²) in [7, 11) is 1.66. The van der Waals surface area contributed by atoms with Crippen molar-refractivity contribution >= 4 is 22.1 Å². The summed E-state index contributed by atoms with van der Waals surface area (Å²) in [6.45, 7) is -3.20. The van der Waals surface area contributed by atoms with Crippen molar-refractivity contribution in [2.75, 3.05) is 0 Å². The number of hydrogen-bond donors (Lipinski definition) is 0. The second-order valence-corrected chi connectivity index (χ2v) is 9.22. The van der Waals surface area contributed by atoms with Crippen LogP contribution in [-0.2, 0) is 12.5 Å². The van der Waals surface area contributed by atoms with E-state index in [1.165, 1.54) is 19.2 Å². The number of aromatic nitrogens is 3. The van der Waals surface area contributed by atoms with Crippen LogP contribution in [0.25, 0.3) is 44.6 Å². The van der Waals surface area contributed by atoms with Gasteiger partial charge in [-0.3, -0.25) is 4.98 Å². The molecule has 1 aromatic carbocycles. The van der Waals surface area contributed by atoms with E-state index in [1.807, 2.05) is 19.1 Å². The highest BCUT2D eigenvalue weighted by Gasteiger charge is 2.38. The average Bonchev–Trinajstić information content (AvgIpc) is 3.39. The maximum atomic E-state index is 8.65. The Morgan fingerprint density at radius 2 is 2.06 bits per heavy atom. The van der Waals surface area contributed by atoms with Gasteiger partial charge in [0, 0.05) is 53.3 Å². The fraction of sp³-hybridized carbons (Fsp3) is 0.300. The summed E-state index contributed by atoms with van der Waals surface area (Å²) < 4.78 is 90.4. The maximum absolute atomic E-state index is 8.65. The standard InChI is InChI=1S/C30H30N3O/c1-16(2)22-15-33(7)24(13-18(22)4)25-17(3)10-11-19-21-14-23-26(32-29(21)34-27(19)25)20-9-8-12-31-28(20)30(23,5)6/h8-16H,1-7H3/q+1/i1D3,4D3,5D3,16D. The smallest absolute Gasteiger partial charge is 0.227 e. The fourth-order valence-corrected chi connectivity index (χ4v) is 5.09. The summed E-state index contributed by atoms with van der Waals surface area (Å²) in [5, 5.41) is 1.25. The van der Waals surface area contributed by atoms with Gasteiger partial charge in [-0.15, -0.1) is 0 Å². The van der Waals surface area contributed by atoms with E-state index >= 15 is 0 Å². The molecule has 4 heteroatoms. The van der Waals surface area contributed by atoms with Gasteiger partial charge in [-0.2, -0.15) is 0 Å². The molecule has 0 bridgehead atoms. The lowest BCUT2D eigenvalue weighted by Crippen LogP contribution is -2.32. The van der Waals surface area contributed by atoms with Crippen molar-refractivity contribution in [3.8, 4) is 22.5 Å². The Labute approximate surface area is 214 Å². The zero-order valence-corrected chi connectivity index (χ0v) is 19.4. The molecule has 5 aromatic rings. The van der Waals surface area contributed by atoms with Crippen LogP contribution in [0, 0.1) is 13.8 Å². The molecule has 170 valence electrons. The number of rotatable bonds is 2. The Kier molecular flexibility index (Phi) is 2.63. The van der Waals surface area contributed by atoms with E-state index < -0.39 is 31.9 Å². The molecule has 0 radical (unpaired) electrons. The SMILES string of the molecule is [2H]C([2H])([2H])c1cc(-c2c(C)ccc3c2oc2nc4c(cc23)C(C)(C([2H])([2H])[2H])c2ncccc2-4)[n+](C)cc1C([2H])(C)C([2H])([2H])[2H]. The first-order valence-corrected chi connectivity index (χ1v) is 11.1. The summed E-state index contributed by atoms with van der Waals surface area (Å²) in [5.41, 5.74) is 2.77. The molecule has 2 atom stereocenters. The van der Waals surface area contributed by atoms with Crippen LogP contribution in [0.5, 0.6) is 0 Å². The lowest BCUT2D eigenvalue weighted by Gasteiger charge is -2.19. The van der Waals surface area contributed by atoms with E-state index in [4.69, 9.17) is 23.1 Å². The number of benzene rings is 1. The lowest BCUT2D eigenvalue weighted by atomic mass is 9.85. The monoisotopic (exact) mass is 458 g/mol. The molecule has 0 aliphatic heterocycles. The molecule has 34 heavy (non-hydrogen) atoms. The number of hydrogen-bond acceptors (Lipinski definition) is 3. The molecule has 4 aromatic heterocycles.